The number of nitrogens with zero attached hydrogens (tertiary/aromatic N) is 2. The lowest BCUT2D eigenvalue weighted by molar-refractivity contribution is -0.385. The van der Waals surface area contributed by atoms with Crippen LogP contribution in [0.15, 0.2) is 97.1 Å². The van der Waals surface area contributed by atoms with Crippen LogP contribution in [-0.2, 0) is 9.47 Å². The van der Waals surface area contributed by atoms with Gasteiger partial charge in [0, 0.05) is 35.4 Å². The summed E-state index contributed by atoms with van der Waals surface area (Å²) in [6.45, 7) is -1.06. The van der Waals surface area contributed by atoms with Crippen LogP contribution in [-0.4, -0.2) is 46.6 Å². The van der Waals surface area contributed by atoms with Crippen LogP contribution in [0.2, 0.25) is 0 Å². The molecule has 0 atom stereocenters. The van der Waals surface area contributed by atoms with Gasteiger partial charge < -0.3 is 9.47 Å². The molecule has 0 aliphatic heterocycles. The monoisotopic (exact) mass is 568 g/mol. The summed E-state index contributed by atoms with van der Waals surface area (Å²) in [5, 5.41) is 21.5. The molecule has 12 heteroatoms. The highest BCUT2D eigenvalue weighted by Crippen LogP contribution is 2.21. The fourth-order valence-electron chi connectivity index (χ4n) is 3.73. The third-order valence-corrected chi connectivity index (χ3v) is 6.04. The molecule has 210 valence electrons. The summed E-state index contributed by atoms with van der Waals surface area (Å²) in [4.78, 5) is 69.5. The van der Waals surface area contributed by atoms with Gasteiger partial charge in [0.05, 0.1) is 21.0 Å². The van der Waals surface area contributed by atoms with Crippen molar-refractivity contribution in [1.82, 2.24) is 0 Å². The van der Waals surface area contributed by atoms with E-state index in [2.05, 4.69) is 0 Å². The van der Waals surface area contributed by atoms with Crippen LogP contribution in [0, 0.1) is 20.2 Å². The summed E-state index contributed by atoms with van der Waals surface area (Å²) in [5.74, 6) is -2.47. The number of hydrogen-bond acceptors (Lipinski definition) is 10. The number of nitro benzene ring substituents is 2. The number of nitro groups is 2. The molecule has 4 aromatic rings. The summed E-state index contributed by atoms with van der Waals surface area (Å²) in [7, 11) is 0. The van der Waals surface area contributed by atoms with Crippen LogP contribution in [0.5, 0.6) is 0 Å². The van der Waals surface area contributed by atoms with Crippen molar-refractivity contribution in [3.63, 3.8) is 0 Å². The van der Waals surface area contributed by atoms with Crippen molar-refractivity contribution in [2.24, 2.45) is 0 Å². The molecule has 4 rings (SSSR count). The van der Waals surface area contributed by atoms with E-state index in [0.29, 0.717) is 0 Å². The molecule has 0 saturated carbocycles. The molecule has 4 aromatic carbocycles. The predicted molar refractivity (Wildman–Crippen MR) is 147 cm³/mol. The Bertz CT molecular complexity index is 1530. The number of esters is 2. The van der Waals surface area contributed by atoms with Crippen LogP contribution in [0.4, 0.5) is 11.4 Å². The van der Waals surface area contributed by atoms with E-state index in [-0.39, 0.29) is 33.6 Å². The Morgan fingerprint density at radius 1 is 0.476 bits per heavy atom. The molecule has 0 N–H and O–H groups in total. The number of rotatable bonds is 11. The molecule has 0 aliphatic carbocycles. The first-order valence-electron chi connectivity index (χ1n) is 12.2. The van der Waals surface area contributed by atoms with Crippen molar-refractivity contribution in [2.75, 3.05) is 13.2 Å². The third-order valence-electron chi connectivity index (χ3n) is 6.04. The van der Waals surface area contributed by atoms with Gasteiger partial charge in [-0.1, -0.05) is 24.3 Å². The maximum absolute atomic E-state index is 12.4. The van der Waals surface area contributed by atoms with E-state index in [0.717, 1.165) is 11.1 Å². The second kappa shape index (κ2) is 12.9. The fourth-order valence-corrected chi connectivity index (χ4v) is 3.73. The van der Waals surface area contributed by atoms with Crippen molar-refractivity contribution < 1.29 is 38.5 Å². The van der Waals surface area contributed by atoms with Crippen molar-refractivity contribution in [3.05, 3.63) is 140 Å². The summed E-state index contributed by atoms with van der Waals surface area (Å²) in [6, 6.07) is 22.6. The molecule has 0 heterocycles. The van der Waals surface area contributed by atoms with Crippen LogP contribution in [0.3, 0.4) is 0 Å². The molecule has 0 bridgehead atoms. The van der Waals surface area contributed by atoms with Crippen molar-refractivity contribution in [3.8, 4) is 11.1 Å². The largest absolute Gasteiger partial charge is 0.454 e. The van der Waals surface area contributed by atoms with Crippen LogP contribution in [0.1, 0.15) is 41.4 Å². The van der Waals surface area contributed by atoms with Crippen LogP contribution in [0.25, 0.3) is 11.1 Å². The molecule has 0 spiro atoms. The summed E-state index contributed by atoms with van der Waals surface area (Å²) in [5.41, 5.74) is 1.88. The summed E-state index contributed by atoms with van der Waals surface area (Å²) in [6.07, 6.45) is 0. The molecule has 12 nitrogen and oxygen atoms in total. The highest BCUT2D eigenvalue weighted by molar-refractivity contribution is 6.00. The number of hydrogen-bond donors (Lipinski definition) is 0. The minimum absolute atomic E-state index is 0.161. The average Bonchev–Trinajstić information content (AvgIpc) is 3.02. The second-order valence-electron chi connectivity index (χ2n) is 8.76. The zero-order chi connectivity index (χ0) is 30.2. The van der Waals surface area contributed by atoms with E-state index in [1.165, 1.54) is 72.8 Å². The molecule has 0 aliphatic rings. The van der Waals surface area contributed by atoms with Crippen molar-refractivity contribution >= 4 is 34.9 Å². The Balaban J connectivity index is 1.29. The van der Waals surface area contributed by atoms with E-state index >= 15 is 0 Å². The van der Waals surface area contributed by atoms with Gasteiger partial charge in [0.15, 0.2) is 24.8 Å². The van der Waals surface area contributed by atoms with Crippen LogP contribution >= 0.6 is 0 Å². The molecule has 0 fully saturated rings. The summed E-state index contributed by atoms with van der Waals surface area (Å²) < 4.78 is 10.1. The lowest BCUT2D eigenvalue weighted by Gasteiger charge is -2.07. The number of Topliss-reactive ketones (excluding diaryl/α,β-unsaturated/α-hetero) is 2. The molecule has 0 saturated heterocycles. The average molecular weight is 568 g/mol. The van der Waals surface area contributed by atoms with Gasteiger partial charge >= 0.3 is 11.9 Å². The Labute approximate surface area is 237 Å². The van der Waals surface area contributed by atoms with Crippen LogP contribution < -0.4 is 0 Å². The van der Waals surface area contributed by atoms with Gasteiger partial charge in [0.2, 0.25) is 0 Å². The zero-order valence-electron chi connectivity index (χ0n) is 21.6. The first kappa shape index (κ1) is 29.0. The second-order valence-corrected chi connectivity index (χ2v) is 8.76. The molecule has 0 unspecified atom stereocenters. The minimum atomic E-state index is -0.724. The molecule has 42 heavy (non-hydrogen) atoms. The maximum atomic E-state index is 12.4. The van der Waals surface area contributed by atoms with Crippen molar-refractivity contribution in [1.29, 1.82) is 0 Å². The Morgan fingerprint density at radius 2 is 0.762 bits per heavy atom. The smallest absolute Gasteiger partial charge is 0.338 e. The lowest BCUT2D eigenvalue weighted by Crippen LogP contribution is -2.14. The molecule has 0 radical (unpaired) electrons. The Hall–Kier alpha value is -6.04. The first-order chi connectivity index (χ1) is 20.1. The van der Waals surface area contributed by atoms with E-state index < -0.39 is 46.6 Å². The zero-order valence-corrected chi connectivity index (χ0v) is 21.6. The van der Waals surface area contributed by atoms with Gasteiger partial charge in [-0.2, -0.15) is 0 Å². The SMILES string of the molecule is O=C(COC(=O)c1ccc(-c2ccc(C(=O)OCC(=O)c3ccc([N+](=O)[O-])cc3)cc2)cc1)c1ccc([N+](=O)[O-])cc1. The number of carbonyl (C=O) groups is 4. The van der Waals surface area contributed by atoms with E-state index in [9.17, 15) is 39.4 Å². The van der Waals surface area contributed by atoms with Crippen molar-refractivity contribution in [2.45, 2.75) is 0 Å². The fraction of sp³-hybridized carbons (Fsp3) is 0.0667. The van der Waals surface area contributed by atoms with E-state index in [4.69, 9.17) is 9.47 Å². The highest BCUT2D eigenvalue weighted by atomic mass is 16.6. The Kier molecular flexibility index (Phi) is 8.88. The van der Waals surface area contributed by atoms with E-state index in [1.807, 2.05) is 0 Å². The number of carbonyl (C=O) groups excluding carboxylic acids is 4. The Morgan fingerprint density at radius 3 is 1.05 bits per heavy atom. The van der Waals surface area contributed by atoms with Gasteiger partial charge in [-0.15, -0.1) is 0 Å². The third kappa shape index (κ3) is 7.12. The molecular formula is C30H20N2O10. The van der Waals surface area contributed by atoms with Gasteiger partial charge in [-0.3, -0.25) is 29.8 Å². The lowest BCUT2D eigenvalue weighted by atomic mass is 10.0. The number of ether oxygens (including phenoxy) is 2. The molecule has 0 amide bonds. The molecule has 0 aromatic heterocycles. The summed E-state index contributed by atoms with van der Waals surface area (Å²) >= 11 is 0. The van der Waals surface area contributed by atoms with E-state index in [1.54, 1.807) is 24.3 Å². The van der Waals surface area contributed by atoms with Gasteiger partial charge in [-0.25, -0.2) is 9.59 Å². The maximum Gasteiger partial charge on any atom is 0.338 e. The standard InChI is InChI=1S/C30H20N2O10/c33-27(21-9-13-25(14-10-21)31(37)38)17-41-29(35)23-5-1-19(2-6-23)20-3-7-24(8-4-20)30(36)42-18-28(34)22-11-15-26(16-12-22)32(39)40/h1-16H,17-18H2. The quantitative estimate of drug-likeness (QED) is 0.101. The highest BCUT2D eigenvalue weighted by Gasteiger charge is 2.15. The van der Waals surface area contributed by atoms with Gasteiger partial charge in [-0.05, 0) is 59.7 Å². The number of benzene rings is 4. The normalized spacial score (nSPS) is 10.4. The van der Waals surface area contributed by atoms with Gasteiger partial charge in [0.1, 0.15) is 0 Å². The first-order valence-corrected chi connectivity index (χ1v) is 12.2. The predicted octanol–water partition coefficient (Wildman–Crippen LogP) is 5.25. The van der Waals surface area contributed by atoms with Gasteiger partial charge in [0.25, 0.3) is 11.4 Å². The minimum Gasteiger partial charge on any atom is -0.454 e. The topological polar surface area (TPSA) is 173 Å². The number of non-ortho nitro benzene ring substituents is 2. The molecular weight excluding hydrogens is 548 g/mol. The number of ketones is 2.